The Kier molecular flexibility index (Phi) is 28.7. The molecule has 90 heavy (non-hydrogen) atoms. The van der Waals surface area contributed by atoms with Crippen molar-refractivity contribution in [3.63, 3.8) is 0 Å². The first-order valence-corrected chi connectivity index (χ1v) is 35.6. The SMILES string of the molecule is CCC1O[C@H](O[C@@H]2C(C)O[C@@H](O[C@@H]3C(CC)O[C@H](O[C@@H]4C(C)O[C@@H](O[C@@H]5C(CC)O[C@H](O[C@@H]6C(C)O[C@@H](OCCCCCS(=O)(=O)CCN)C(C)[C@@H]6O)[C@@H](NOS(=O)(=O)O)C5O)C(C)[C@@H]4O)[C@@H](NOS(=O)(=O)O)C3O)C(C)[C@@H]2O)[C@@H](NOS(=O)(=O)O)C(O)[C@@H]1O. The second-order valence-electron chi connectivity index (χ2n) is 23.3. The molecular weight excluding hydrogens is 1300 g/mol. The number of nitrogens with one attached hydrogen (secondary N) is 3. The van der Waals surface area contributed by atoms with Crippen molar-refractivity contribution in [1.29, 1.82) is 0 Å². The lowest BCUT2D eigenvalue weighted by atomic mass is 9.90. The van der Waals surface area contributed by atoms with Gasteiger partial charge in [-0.2, -0.15) is 54.5 Å². The van der Waals surface area contributed by atoms with Crippen molar-refractivity contribution < 1.29 is 153 Å². The number of hydrogen-bond acceptors (Lipinski definition) is 34. The van der Waals surface area contributed by atoms with Gasteiger partial charge < -0.3 is 98.3 Å². The highest BCUT2D eigenvalue weighted by Gasteiger charge is 2.57. The van der Waals surface area contributed by atoms with Gasteiger partial charge in [0, 0.05) is 30.9 Å². The van der Waals surface area contributed by atoms with Gasteiger partial charge in [-0.05, 0) is 52.9 Å². The van der Waals surface area contributed by atoms with Crippen molar-refractivity contribution in [2.45, 2.75) is 267 Å². The Labute approximate surface area is 522 Å². The van der Waals surface area contributed by atoms with Gasteiger partial charge >= 0.3 is 31.2 Å². The predicted octanol–water partition coefficient (Wildman–Crippen LogP) is -4.38. The summed E-state index contributed by atoms with van der Waals surface area (Å²) in [5, 5.41) is 80.8. The monoisotopic (exact) mass is 1390 g/mol. The van der Waals surface area contributed by atoms with Crippen LogP contribution in [0.5, 0.6) is 0 Å². The Hall–Kier alpha value is -1.36. The van der Waals surface area contributed by atoms with Crippen LogP contribution >= 0.6 is 0 Å². The third-order valence-electron chi connectivity index (χ3n) is 16.7. The topological polar surface area (TPSA) is 539 Å². The highest BCUT2D eigenvalue weighted by atomic mass is 32.3. The summed E-state index contributed by atoms with van der Waals surface area (Å²) in [6.07, 6.45) is -32.2. The van der Waals surface area contributed by atoms with Crippen LogP contribution in [0.25, 0.3) is 0 Å². The molecule has 0 aliphatic carbocycles. The van der Waals surface area contributed by atoms with Gasteiger partial charge in [0.05, 0.1) is 66.4 Å². The quantitative estimate of drug-likeness (QED) is 0.0177. The number of sulfone groups is 1. The fraction of sp³-hybridized carbons (Fsp3) is 1.00. The van der Waals surface area contributed by atoms with E-state index in [0.717, 1.165) is 0 Å². The lowest BCUT2D eigenvalue weighted by Gasteiger charge is -2.51. The molecule has 6 aliphatic rings. The van der Waals surface area contributed by atoms with E-state index in [4.69, 9.17) is 62.6 Å². The molecule has 6 heterocycles. The van der Waals surface area contributed by atoms with E-state index in [1.165, 1.54) is 27.7 Å². The fourth-order valence-electron chi connectivity index (χ4n) is 11.6. The van der Waals surface area contributed by atoms with Crippen molar-refractivity contribution in [3.05, 3.63) is 0 Å². The zero-order chi connectivity index (χ0) is 67.1. The highest BCUT2D eigenvalue weighted by molar-refractivity contribution is 7.91. The van der Waals surface area contributed by atoms with Gasteiger partial charge in [-0.25, -0.2) is 8.42 Å². The number of hydroxylamine groups is 3. The molecule has 6 fully saturated rings. The third-order valence-corrected chi connectivity index (χ3v) is 19.4. The zero-order valence-corrected chi connectivity index (χ0v) is 54.2. The Morgan fingerprint density at radius 3 is 1.08 bits per heavy atom. The first-order valence-electron chi connectivity index (χ1n) is 29.7. The first-order chi connectivity index (χ1) is 41.9. The summed E-state index contributed by atoms with van der Waals surface area (Å²) in [7, 11) is -18.9. The van der Waals surface area contributed by atoms with Crippen molar-refractivity contribution in [2.75, 3.05) is 24.7 Å². The van der Waals surface area contributed by atoms with E-state index >= 15 is 0 Å². The van der Waals surface area contributed by atoms with Crippen LogP contribution in [0.2, 0.25) is 0 Å². The third kappa shape index (κ3) is 20.4. The van der Waals surface area contributed by atoms with E-state index in [1.807, 2.05) is 11.0 Å². The molecule has 6 rings (SSSR count). The van der Waals surface area contributed by atoms with Gasteiger partial charge in [-0.15, -0.1) is 0 Å². The molecule has 12 unspecified atom stereocenters. The van der Waals surface area contributed by atoms with Crippen LogP contribution in [0.1, 0.15) is 101 Å². The van der Waals surface area contributed by atoms with Gasteiger partial charge in [-0.3, -0.25) is 13.7 Å². The molecule has 0 radical (unpaired) electrons. The summed E-state index contributed by atoms with van der Waals surface area (Å²) in [4.78, 5) is 0. The van der Waals surface area contributed by atoms with Crippen LogP contribution < -0.4 is 22.2 Å². The minimum atomic E-state index is -5.30. The Balaban J connectivity index is 1.12. The predicted molar refractivity (Wildman–Crippen MR) is 300 cm³/mol. The molecule has 37 nitrogen and oxygen atoms in total. The van der Waals surface area contributed by atoms with Crippen LogP contribution in [-0.4, -0.2) is 273 Å². The zero-order valence-electron chi connectivity index (χ0n) is 51.0. The molecule has 0 aromatic rings. The van der Waals surface area contributed by atoms with Crippen molar-refractivity contribution >= 4 is 41.0 Å². The van der Waals surface area contributed by atoms with E-state index in [0.29, 0.717) is 19.3 Å². The molecule has 6 aliphatic heterocycles. The summed E-state index contributed by atoms with van der Waals surface area (Å²) in [6, 6.07) is -5.19. The lowest BCUT2D eigenvalue weighted by Crippen LogP contribution is -2.68. The van der Waals surface area contributed by atoms with Crippen molar-refractivity contribution in [2.24, 2.45) is 23.5 Å². The Morgan fingerprint density at radius 1 is 0.389 bits per heavy atom. The normalized spacial score (nSPS) is 43.5. The van der Waals surface area contributed by atoms with Gasteiger partial charge in [0.15, 0.2) is 47.6 Å². The molecule has 30 atom stereocenters. The number of aliphatic hydroxyl groups excluding tert-OH is 7. The second-order valence-corrected chi connectivity index (χ2v) is 28.7. The molecular formula is C49H92N4O33S4. The average Bonchev–Trinajstić information content (AvgIpc) is 0.790. The maximum atomic E-state index is 12.1. The molecule has 6 saturated heterocycles. The summed E-state index contributed by atoms with van der Waals surface area (Å²) in [6.45, 7) is 14.1. The van der Waals surface area contributed by atoms with Gasteiger partial charge in [0.25, 0.3) is 0 Å². The lowest BCUT2D eigenvalue weighted by molar-refractivity contribution is -0.375. The number of rotatable bonds is 31. The Bertz CT molecular complexity index is 2680. The standard InChI is InChI=1S/C49H92N4O33S4/c1-10-26-35(57)36(58)29(51-84-88(63,64)65)47(76-26)79-40-24(8)74-45(21(5)33(40)55)82-43-28(12-3)78-49(31(38(43)60)53-86-90(69,70)71)81-41-25(9)75-46(22(6)34(41)56)83-42-27(11-2)77-48(30(37(42)59)52-85-89(66,67)68)80-39-23(7)73-44(20(4)32(39)54)72-17-14-13-15-18-87(61,62)19-16-50/h20-49,51-60H,10-19,50H2,1-9H3,(H,63,64,65)(H,66,67,68)(H,69,70,71)/t20?,21?,22?,23?,24?,25?,26?,27?,28?,29-,30-,31-,32-,33-,34-,35+,36?,37?,38?,39+,40+,41+,42+,43+,44+,45-,46-,47+,48+,49+/m0/s1. The van der Waals surface area contributed by atoms with Gasteiger partial charge in [0.1, 0.15) is 73.1 Å². The number of nitrogens with two attached hydrogens (primary N) is 1. The van der Waals surface area contributed by atoms with Crippen molar-refractivity contribution in [3.8, 4) is 0 Å². The maximum absolute atomic E-state index is 12.1. The molecule has 0 amide bonds. The van der Waals surface area contributed by atoms with Crippen LogP contribution in [0.15, 0.2) is 0 Å². The van der Waals surface area contributed by atoms with E-state index in [-0.39, 0.29) is 43.9 Å². The number of ether oxygens (including phenoxy) is 12. The Morgan fingerprint density at radius 2 is 0.722 bits per heavy atom. The molecule has 41 heteroatoms. The van der Waals surface area contributed by atoms with Gasteiger partial charge in [-0.1, -0.05) is 48.0 Å². The maximum Gasteiger partial charge on any atom is 0.413 e. The van der Waals surface area contributed by atoms with Crippen LogP contribution in [0.4, 0.5) is 0 Å². The van der Waals surface area contributed by atoms with E-state index in [2.05, 4.69) is 18.3 Å². The summed E-state index contributed by atoms with van der Waals surface area (Å²) >= 11 is 0. The highest BCUT2D eigenvalue weighted by Crippen LogP contribution is 2.40. The van der Waals surface area contributed by atoms with E-state index < -0.39 is 225 Å². The number of unbranched alkanes of at least 4 members (excludes halogenated alkanes) is 2. The molecule has 0 spiro atoms. The fourth-order valence-corrected chi connectivity index (χ4v) is 13.5. The van der Waals surface area contributed by atoms with Gasteiger partial charge in [0.2, 0.25) is 0 Å². The average molecular weight is 1390 g/mol. The first kappa shape index (κ1) is 77.6. The van der Waals surface area contributed by atoms with Crippen LogP contribution in [0, 0.1) is 17.8 Å². The van der Waals surface area contributed by atoms with Crippen LogP contribution in [0.3, 0.4) is 0 Å². The molecule has 0 aromatic heterocycles. The molecule has 15 N–H and O–H groups in total. The van der Waals surface area contributed by atoms with E-state index in [1.54, 1.807) is 34.6 Å². The molecule has 530 valence electrons. The minimum Gasteiger partial charge on any atom is -0.390 e. The molecule has 0 saturated carbocycles. The summed E-state index contributed by atoms with van der Waals surface area (Å²) in [5.41, 5.74) is 11.4. The summed E-state index contributed by atoms with van der Waals surface area (Å²) < 4.78 is 210. The summed E-state index contributed by atoms with van der Waals surface area (Å²) in [5.74, 6) is -3.04. The smallest absolute Gasteiger partial charge is 0.390 e. The van der Waals surface area contributed by atoms with Crippen LogP contribution in [-0.2, 0) is 111 Å². The second kappa shape index (κ2) is 33.3. The molecule has 0 bridgehead atoms. The van der Waals surface area contributed by atoms with E-state index in [9.17, 15) is 83.1 Å². The minimum absolute atomic E-state index is 0.0189. The largest absolute Gasteiger partial charge is 0.413 e. The number of aliphatic hydroxyl groups is 7. The van der Waals surface area contributed by atoms with Crippen molar-refractivity contribution in [1.82, 2.24) is 16.4 Å². The molecule has 0 aromatic carbocycles. The number of hydrogen-bond donors (Lipinski definition) is 14.